The van der Waals surface area contributed by atoms with Crippen LogP contribution in [0.2, 0.25) is 5.02 Å². The molecule has 2 heterocycles. The molecule has 0 aromatic heterocycles. The fourth-order valence-corrected chi connectivity index (χ4v) is 4.46. The highest BCUT2D eigenvalue weighted by molar-refractivity contribution is 9.10. The van der Waals surface area contributed by atoms with Gasteiger partial charge in [0.1, 0.15) is 0 Å². The maximum absolute atomic E-state index is 12.8. The number of nitrogens with zero attached hydrogens (tertiary/aromatic N) is 3. The van der Waals surface area contributed by atoms with Crippen LogP contribution in [0, 0.1) is 0 Å². The van der Waals surface area contributed by atoms with E-state index in [-0.39, 0.29) is 5.91 Å². The zero-order valence-corrected chi connectivity index (χ0v) is 17.5. The van der Waals surface area contributed by atoms with Crippen LogP contribution in [0.25, 0.3) is 5.57 Å². The maximum atomic E-state index is 12.8. The summed E-state index contributed by atoms with van der Waals surface area (Å²) in [4.78, 5) is 33.3. The molecule has 4 rings (SSSR count). The van der Waals surface area contributed by atoms with Gasteiger partial charge in [-0.3, -0.25) is 9.59 Å². The molecule has 0 N–H and O–H groups in total. The molecule has 0 atom stereocenters. The van der Waals surface area contributed by atoms with Crippen molar-refractivity contribution in [3.63, 3.8) is 0 Å². The van der Waals surface area contributed by atoms with Gasteiger partial charge in [-0.05, 0) is 54.2 Å². The van der Waals surface area contributed by atoms with Crippen LogP contribution >= 0.6 is 39.3 Å². The molecule has 0 unspecified atom stereocenters. The molecule has 0 saturated heterocycles. The number of rotatable bonds is 1. The highest BCUT2D eigenvalue weighted by Crippen LogP contribution is 2.44. The van der Waals surface area contributed by atoms with Gasteiger partial charge in [0, 0.05) is 34.8 Å². The highest BCUT2D eigenvalue weighted by atomic mass is 79.9. The molecule has 0 bridgehead atoms. The van der Waals surface area contributed by atoms with E-state index >= 15 is 0 Å². The van der Waals surface area contributed by atoms with Crippen molar-refractivity contribution >= 4 is 73.2 Å². The van der Waals surface area contributed by atoms with Gasteiger partial charge in [-0.25, -0.2) is 0 Å². The van der Waals surface area contributed by atoms with Gasteiger partial charge in [0.25, 0.3) is 11.8 Å². The maximum Gasteiger partial charge on any atom is 0.287 e. The van der Waals surface area contributed by atoms with Crippen molar-refractivity contribution in [3.8, 4) is 0 Å². The summed E-state index contributed by atoms with van der Waals surface area (Å²) in [5.41, 5.74) is 2.76. The van der Waals surface area contributed by atoms with Crippen molar-refractivity contribution in [2.75, 3.05) is 23.9 Å². The van der Waals surface area contributed by atoms with Crippen LogP contribution in [0.5, 0.6) is 0 Å². The third kappa shape index (κ3) is 3.09. The minimum atomic E-state index is -0.402. The standard InChI is InChI=1S/C19H13BrClN3O2S/c1-23(12-6-4-11(21)5-7-12)19-22-17(25)16(27-19)15-13-9-10(20)3-8-14(13)24(2)18(15)26/h3-9H,1-2H3/b16-15+. The number of anilines is 2. The lowest BCUT2D eigenvalue weighted by Crippen LogP contribution is -2.22. The van der Waals surface area contributed by atoms with Gasteiger partial charge in [0.15, 0.2) is 5.17 Å². The number of fused-ring (bicyclic) bond motifs is 1. The Labute approximate surface area is 173 Å². The Morgan fingerprint density at radius 1 is 1.15 bits per heavy atom. The van der Waals surface area contributed by atoms with Crippen molar-refractivity contribution < 1.29 is 9.59 Å². The topological polar surface area (TPSA) is 53.0 Å². The third-order valence-electron chi connectivity index (χ3n) is 4.42. The Kier molecular flexibility index (Phi) is 4.61. The van der Waals surface area contributed by atoms with E-state index in [0.717, 1.165) is 21.4 Å². The molecule has 0 fully saturated rings. The summed E-state index contributed by atoms with van der Waals surface area (Å²) in [5, 5.41) is 1.15. The summed E-state index contributed by atoms with van der Waals surface area (Å²) in [7, 11) is 3.53. The molecule has 2 aromatic carbocycles. The first-order valence-electron chi connectivity index (χ1n) is 7.99. The largest absolute Gasteiger partial charge is 0.324 e. The second-order valence-electron chi connectivity index (χ2n) is 6.07. The number of thioether (sulfide) groups is 1. The van der Waals surface area contributed by atoms with Gasteiger partial charge in [-0.1, -0.05) is 27.5 Å². The van der Waals surface area contributed by atoms with E-state index in [4.69, 9.17) is 11.6 Å². The van der Waals surface area contributed by atoms with E-state index in [1.807, 2.05) is 37.4 Å². The van der Waals surface area contributed by atoms with Crippen LogP contribution in [0.15, 0.2) is 56.8 Å². The molecule has 27 heavy (non-hydrogen) atoms. The fourth-order valence-electron chi connectivity index (χ4n) is 2.98. The monoisotopic (exact) mass is 461 g/mol. The normalized spacial score (nSPS) is 18.8. The van der Waals surface area contributed by atoms with E-state index in [0.29, 0.717) is 20.7 Å². The number of likely N-dealkylation sites (N-methyl/N-ethyl adjacent to an activating group) is 1. The minimum Gasteiger partial charge on any atom is -0.324 e. The summed E-state index contributed by atoms with van der Waals surface area (Å²) >= 11 is 10.6. The zero-order chi connectivity index (χ0) is 19.3. The number of hydrogen-bond acceptors (Lipinski definition) is 4. The molecule has 8 heteroatoms. The summed E-state index contributed by atoms with van der Waals surface area (Å²) in [6.45, 7) is 0. The number of amides is 2. The second-order valence-corrected chi connectivity index (χ2v) is 8.40. The average Bonchev–Trinajstić information content (AvgIpc) is 3.13. The fraction of sp³-hybridized carbons (Fsp3) is 0.105. The molecule has 0 aliphatic carbocycles. The molecule has 5 nitrogen and oxygen atoms in total. The van der Waals surface area contributed by atoms with Crippen molar-refractivity contribution in [1.82, 2.24) is 0 Å². The summed E-state index contributed by atoms with van der Waals surface area (Å²) in [6.07, 6.45) is 0. The summed E-state index contributed by atoms with van der Waals surface area (Å²) in [5.74, 6) is -0.607. The number of benzene rings is 2. The molecule has 0 saturated carbocycles. The molecular weight excluding hydrogens is 450 g/mol. The van der Waals surface area contributed by atoms with E-state index in [2.05, 4.69) is 20.9 Å². The van der Waals surface area contributed by atoms with Gasteiger partial charge in [0.2, 0.25) is 0 Å². The van der Waals surface area contributed by atoms with Crippen molar-refractivity contribution in [1.29, 1.82) is 0 Å². The van der Waals surface area contributed by atoms with Crippen LogP contribution in [-0.2, 0) is 9.59 Å². The lowest BCUT2D eigenvalue weighted by molar-refractivity contribution is -0.115. The van der Waals surface area contributed by atoms with Crippen LogP contribution in [0.4, 0.5) is 11.4 Å². The first-order chi connectivity index (χ1) is 12.9. The molecule has 2 aliphatic heterocycles. The van der Waals surface area contributed by atoms with Crippen LogP contribution in [-0.4, -0.2) is 31.1 Å². The zero-order valence-electron chi connectivity index (χ0n) is 14.4. The van der Waals surface area contributed by atoms with E-state index in [1.54, 1.807) is 29.0 Å². The first-order valence-corrected chi connectivity index (χ1v) is 9.98. The molecule has 2 amide bonds. The third-order valence-corrected chi connectivity index (χ3v) is 6.30. The molecule has 2 aromatic rings. The minimum absolute atomic E-state index is 0.204. The first kappa shape index (κ1) is 18.3. The van der Waals surface area contributed by atoms with Crippen molar-refractivity contribution in [2.45, 2.75) is 0 Å². The van der Waals surface area contributed by atoms with E-state index in [9.17, 15) is 9.59 Å². The molecule has 136 valence electrons. The molecular formula is C19H13BrClN3O2S. The lowest BCUT2D eigenvalue weighted by Gasteiger charge is -2.17. The van der Waals surface area contributed by atoms with Crippen LogP contribution < -0.4 is 9.80 Å². The Hall–Kier alpha value is -2.09. The number of carbonyl (C=O) groups excluding carboxylic acids is 2. The Bertz CT molecular complexity index is 1050. The second kappa shape index (κ2) is 6.82. The van der Waals surface area contributed by atoms with Gasteiger partial charge >= 0.3 is 0 Å². The Morgan fingerprint density at radius 2 is 1.85 bits per heavy atom. The van der Waals surface area contributed by atoms with Crippen molar-refractivity contribution in [3.05, 3.63) is 62.4 Å². The number of carbonyl (C=O) groups is 2. The van der Waals surface area contributed by atoms with E-state index in [1.165, 1.54) is 11.8 Å². The Morgan fingerprint density at radius 3 is 2.56 bits per heavy atom. The van der Waals surface area contributed by atoms with Crippen LogP contribution in [0.3, 0.4) is 0 Å². The number of aliphatic imine (C=N–C) groups is 1. The molecule has 0 spiro atoms. The predicted molar refractivity (Wildman–Crippen MR) is 114 cm³/mol. The number of hydrogen-bond donors (Lipinski definition) is 0. The summed E-state index contributed by atoms with van der Waals surface area (Å²) < 4.78 is 0.845. The Balaban J connectivity index is 1.73. The van der Waals surface area contributed by atoms with Gasteiger partial charge in [-0.15, -0.1) is 0 Å². The SMILES string of the molecule is CN(C1=NC(=O)/C(=C2\C(=O)N(C)c3ccc(Br)cc32)S1)c1ccc(Cl)cc1. The van der Waals surface area contributed by atoms with Gasteiger partial charge in [0.05, 0.1) is 16.2 Å². The number of amidine groups is 1. The van der Waals surface area contributed by atoms with Crippen LogP contribution in [0.1, 0.15) is 5.56 Å². The quantitative estimate of drug-likeness (QED) is 0.583. The molecule has 2 aliphatic rings. The highest BCUT2D eigenvalue weighted by Gasteiger charge is 2.38. The predicted octanol–water partition coefficient (Wildman–Crippen LogP) is 4.56. The smallest absolute Gasteiger partial charge is 0.287 e. The summed E-state index contributed by atoms with van der Waals surface area (Å²) in [6, 6.07) is 12.8. The molecule has 0 radical (unpaired) electrons. The van der Waals surface area contributed by atoms with E-state index < -0.39 is 5.91 Å². The average molecular weight is 463 g/mol. The lowest BCUT2D eigenvalue weighted by atomic mass is 10.1. The van der Waals surface area contributed by atoms with Gasteiger partial charge < -0.3 is 9.80 Å². The number of halogens is 2. The van der Waals surface area contributed by atoms with Crippen molar-refractivity contribution in [2.24, 2.45) is 4.99 Å². The van der Waals surface area contributed by atoms with Gasteiger partial charge in [-0.2, -0.15) is 4.99 Å².